The highest BCUT2D eigenvalue weighted by Crippen LogP contribution is 2.24. The zero-order valence-electron chi connectivity index (χ0n) is 15.3. The number of hydrogen-bond acceptors (Lipinski definition) is 5. The fraction of sp³-hybridized carbons (Fsp3) is 0.474. The van der Waals surface area contributed by atoms with Gasteiger partial charge in [0, 0.05) is 52.5 Å². The first kappa shape index (κ1) is 19.6. The van der Waals surface area contributed by atoms with Gasteiger partial charge in [-0.2, -0.15) is 0 Å². The molecule has 0 radical (unpaired) electrons. The molecule has 1 N–H and O–H groups in total. The van der Waals surface area contributed by atoms with Crippen LogP contribution in [0.15, 0.2) is 36.5 Å². The number of piperazine rings is 1. The summed E-state index contributed by atoms with van der Waals surface area (Å²) in [4.78, 5) is 13.4. The molecule has 0 spiro atoms. The van der Waals surface area contributed by atoms with E-state index in [0.717, 1.165) is 44.2 Å². The Morgan fingerprint density at radius 1 is 1.20 bits per heavy atom. The van der Waals surface area contributed by atoms with Gasteiger partial charge in [-0.25, -0.2) is 9.97 Å². The largest absolute Gasteiger partial charge is 0.347 e. The predicted molar refractivity (Wildman–Crippen MR) is 105 cm³/mol. The Hall–Kier alpha value is -1.69. The minimum absolute atomic E-state index is 0. The van der Waals surface area contributed by atoms with Crippen LogP contribution in [0, 0.1) is 0 Å². The van der Waals surface area contributed by atoms with Crippen molar-refractivity contribution in [1.29, 1.82) is 0 Å². The lowest BCUT2D eigenvalue weighted by Crippen LogP contribution is -2.45. The van der Waals surface area contributed by atoms with Gasteiger partial charge in [0.2, 0.25) is 5.95 Å². The molecule has 0 aliphatic carbocycles. The Morgan fingerprint density at radius 3 is 2.64 bits per heavy atom. The maximum absolute atomic E-state index is 4.67. The molecule has 1 aromatic carbocycles. The van der Waals surface area contributed by atoms with E-state index in [1.807, 2.05) is 31.3 Å². The molecule has 1 fully saturated rings. The van der Waals surface area contributed by atoms with Crippen molar-refractivity contribution in [1.82, 2.24) is 20.2 Å². The van der Waals surface area contributed by atoms with Crippen LogP contribution in [0.2, 0.25) is 0 Å². The lowest BCUT2D eigenvalue weighted by molar-refractivity contribution is 0.152. The summed E-state index contributed by atoms with van der Waals surface area (Å²) >= 11 is 0. The summed E-state index contributed by atoms with van der Waals surface area (Å²) in [7, 11) is 3.95. The predicted octanol–water partition coefficient (Wildman–Crippen LogP) is 2.67. The molecule has 0 saturated carbocycles. The monoisotopic (exact) mass is 361 g/mol. The second kappa shape index (κ2) is 9.13. The Bertz CT molecular complexity index is 659. The van der Waals surface area contributed by atoms with Crippen LogP contribution in [0.25, 0.3) is 0 Å². The third-order valence-corrected chi connectivity index (χ3v) is 4.59. The first-order valence-corrected chi connectivity index (χ1v) is 8.70. The van der Waals surface area contributed by atoms with Gasteiger partial charge in [-0.05, 0) is 23.6 Å². The van der Waals surface area contributed by atoms with Gasteiger partial charge < -0.3 is 10.2 Å². The number of halogens is 1. The summed E-state index contributed by atoms with van der Waals surface area (Å²) in [5.74, 6) is 0.770. The minimum Gasteiger partial charge on any atom is -0.347 e. The van der Waals surface area contributed by atoms with E-state index in [-0.39, 0.29) is 12.4 Å². The quantitative estimate of drug-likeness (QED) is 0.887. The minimum atomic E-state index is 0. The molecule has 0 amide bonds. The van der Waals surface area contributed by atoms with Crippen molar-refractivity contribution < 1.29 is 0 Å². The SMILES string of the molecule is CCc1ccc(C2CNCCN2Cc2ccnc(N(C)C)n2)cc1.Cl. The number of nitrogens with one attached hydrogen (secondary N) is 1. The second-order valence-electron chi connectivity index (χ2n) is 6.53. The van der Waals surface area contributed by atoms with Crippen molar-refractivity contribution in [3.63, 3.8) is 0 Å². The van der Waals surface area contributed by atoms with Crippen molar-refractivity contribution in [2.75, 3.05) is 38.6 Å². The maximum Gasteiger partial charge on any atom is 0.225 e. The van der Waals surface area contributed by atoms with Crippen LogP contribution >= 0.6 is 12.4 Å². The summed E-state index contributed by atoms with van der Waals surface area (Å²) in [5, 5.41) is 3.52. The molecule has 2 heterocycles. The van der Waals surface area contributed by atoms with E-state index in [9.17, 15) is 0 Å². The fourth-order valence-electron chi connectivity index (χ4n) is 3.14. The molecule has 5 nitrogen and oxygen atoms in total. The Morgan fingerprint density at radius 2 is 1.96 bits per heavy atom. The lowest BCUT2D eigenvalue weighted by Gasteiger charge is -2.36. The van der Waals surface area contributed by atoms with Gasteiger partial charge in [-0.3, -0.25) is 4.90 Å². The van der Waals surface area contributed by atoms with Gasteiger partial charge in [-0.15, -0.1) is 12.4 Å². The van der Waals surface area contributed by atoms with Gasteiger partial charge in [0.25, 0.3) is 0 Å². The van der Waals surface area contributed by atoms with Gasteiger partial charge >= 0.3 is 0 Å². The Labute approximate surface area is 156 Å². The van der Waals surface area contributed by atoms with Gasteiger partial charge in [-0.1, -0.05) is 31.2 Å². The highest BCUT2D eigenvalue weighted by atomic mass is 35.5. The number of anilines is 1. The topological polar surface area (TPSA) is 44.3 Å². The molecule has 1 aliphatic rings. The molecule has 6 heteroatoms. The Kier molecular flexibility index (Phi) is 7.17. The van der Waals surface area contributed by atoms with Gasteiger partial charge in [0.05, 0.1) is 5.69 Å². The van der Waals surface area contributed by atoms with E-state index >= 15 is 0 Å². The third-order valence-electron chi connectivity index (χ3n) is 4.59. The molecule has 2 aromatic rings. The average molecular weight is 362 g/mol. The summed E-state index contributed by atoms with van der Waals surface area (Å²) < 4.78 is 0. The van der Waals surface area contributed by atoms with E-state index in [0.29, 0.717) is 6.04 Å². The van der Waals surface area contributed by atoms with E-state index in [2.05, 4.69) is 51.4 Å². The van der Waals surface area contributed by atoms with E-state index in [4.69, 9.17) is 0 Å². The zero-order chi connectivity index (χ0) is 16.9. The molecule has 1 saturated heterocycles. The summed E-state index contributed by atoms with van der Waals surface area (Å²) in [6, 6.07) is 11.5. The molecular formula is C19H28ClN5. The van der Waals surface area contributed by atoms with E-state index in [1.54, 1.807) is 0 Å². The zero-order valence-corrected chi connectivity index (χ0v) is 16.1. The Balaban J connectivity index is 0.00000225. The average Bonchev–Trinajstić information content (AvgIpc) is 2.62. The highest BCUT2D eigenvalue weighted by molar-refractivity contribution is 5.85. The highest BCUT2D eigenvalue weighted by Gasteiger charge is 2.24. The fourth-order valence-corrected chi connectivity index (χ4v) is 3.14. The molecule has 0 bridgehead atoms. The van der Waals surface area contributed by atoms with Crippen LogP contribution in [-0.2, 0) is 13.0 Å². The van der Waals surface area contributed by atoms with E-state index in [1.165, 1.54) is 11.1 Å². The number of aryl methyl sites for hydroxylation is 1. The van der Waals surface area contributed by atoms with Crippen LogP contribution in [0.5, 0.6) is 0 Å². The normalized spacial score (nSPS) is 17.8. The van der Waals surface area contributed by atoms with Crippen molar-refractivity contribution >= 4 is 18.4 Å². The first-order chi connectivity index (χ1) is 11.7. The van der Waals surface area contributed by atoms with Crippen molar-refractivity contribution in [2.45, 2.75) is 25.9 Å². The summed E-state index contributed by atoms with van der Waals surface area (Å²) in [5.41, 5.74) is 3.84. The van der Waals surface area contributed by atoms with Crippen LogP contribution in [0.4, 0.5) is 5.95 Å². The maximum atomic E-state index is 4.67. The molecule has 1 aliphatic heterocycles. The van der Waals surface area contributed by atoms with Crippen LogP contribution in [0.1, 0.15) is 29.8 Å². The van der Waals surface area contributed by atoms with Crippen LogP contribution in [0.3, 0.4) is 0 Å². The summed E-state index contributed by atoms with van der Waals surface area (Å²) in [6.45, 7) is 6.08. The third kappa shape index (κ3) is 4.91. The van der Waals surface area contributed by atoms with Gasteiger partial charge in [0.15, 0.2) is 0 Å². The lowest BCUT2D eigenvalue weighted by atomic mass is 10.0. The molecule has 136 valence electrons. The number of nitrogens with zero attached hydrogens (tertiary/aromatic N) is 4. The number of aromatic nitrogens is 2. The molecular weight excluding hydrogens is 334 g/mol. The molecule has 1 atom stereocenters. The number of hydrogen-bond donors (Lipinski definition) is 1. The van der Waals surface area contributed by atoms with Crippen LogP contribution in [-0.4, -0.2) is 48.6 Å². The van der Waals surface area contributed by atoms with E-state index < -0.39 is 0 Å². The number of rotatable bonds is 5. The van der Waals surface area contributed by atoms with Gasteiger partial charge in [0.1, 0.15) is 0 Å². The van der Waals surface area contributed by atoms with Crippen LogP contribution < -0.4 is 10.2 Å². The molecule has 25 heavy (non-hydrogen) atoms. The second-order valence-corrected chi connectivity index (χ2v) is 6.53. The first-order valence-electron chi connectivity index (χ1n) is 8.70. The van der Waals surface area contributed by atoms with Crippen molar-refractivity contribution in [3.05, 3.63) is 53.3 Å². The summed E-state index contributed by atoms with van der Waals surface area (Å²) in [6.07, 6.45) is 2.94. The standard InChI is InChI=1S/C19H27N5.ClH/c1-4-15-5-7-16(8-6-15)18-13-20-11-12-24(18)14-17-9-10-21-19(22-17)23(2)3;/h5-10,18,20H,4,11-14H2,1-3H3;1H. The molecule has 1 aromatic heterocycles. The van der Waals surface area contributed by atoms with Crippen molar-refractivity contribution in [3.8, 4) is 0 Å². The molecule has 3 rings (SSSR count). The smallest absolute Gasteiger partial charge is 0.225 e. The van der Waals surface area contributed by atoms with Crippen molar-refractivity contribution in [2.24, 2.45) is 0 Å². The number of benzene rings is 1. The molecule has 1 unspecified atom stereocenters.